The molecule has 3 rings (SSSR count). The smallest absolute Gasteiger partial charge is 0.323 e. The summed E-state index contributed by atoms with van der Waals surface area (Å²) in [6, 6.07) is 18.3. The van der Waals surface area contributed by atoms with E-state index in [1.54, 1.807) is 12.1 Å². The quantitative estimate of drug-likeness (QED) is 0.658. The number of para-hydroxylation sites is 1. The lowest BCUT2D eigenvalue weighted by molar-refractivity contribution is 0.262. The number of carbonyl (C=O) groups excluding carboxylic acids is 1. The summed E-state index contributed by atoms with van der Waals surface area (Å²) in [4.78, 5) is 12.0. The molecule has 1 aromatic heterocycles. The van der Waals surface area contributed by atoms with Crippen molar-refractivity contribution in [1.29, 1.82) is 5.26 Å². The molecule has 1 heterocycles. The fourth-order valence-electron chi connectivity index (χ4n) is 2.25. The Hall–Kier alpha value is -3.30. The average molecular weight is 334 g/mol. The van der Waals surface area contributed by atoms with Crippen LogP contribution in [0.25, 0.3) is 11.1 Å². The molecule has 6 heteroatoms. The van der Waals surface area contributed by atoms with Gasteiger partial charge in [0.15, 0.2) is 0 Å². The third-order valence-electron chi connectivity index (χ3n) is 3.42. The minimum Gasteiger partial charge on any atom is -0.389 e. The highest BCUT2D eigenvalue weighted by molar-refractivity contribution is 7.14. The lowest BCUT2D eigenvalue weighted by atomic mass is 10.0. The van der Waals surface area contributed by atoms with Gasteiger partial charge in [-0.3, -0.25) is 0 Å². The summed E-state index contributed by atoms with van der Waals surface area (Å²) in [6.45, 7) is 0. The molecule has 0 saturated heterocycles. The van der Waals surface area contributed by atoms with E-state index in [-0.39, 0.29) is 6.03 Å². The number of nitrogens with zero attached hydrogens (tertiary/aromatic N) is 1. The Balaban J connectivity index is 1.71. The van der Waals surface area contributed by atoms with Crippen LogP contribution < -0.4 is 16.4 Å². The van der Waals surface area contributed by atoms with E-state index < -0.39 is 0 Å². The van der Waals surface area contributed by atoms with Crippen LogP contribution in [0.5, 0.6) is 0 Å². The first-order valence-electron chi connectivity index (χ1n) is 7.18. The SMILES string of the molecule is N#Cc1c(-c2ccc(NC(=O)Nc3ccccc3)cc2)csc1N. The summed E-state index contributed by atoms with van der Waals surface area (Å²) in [5.74, 6) is 0. The number of anilines is 3. The molecule has 0 fully saturated rings. The zero-order valence-corrected chi connectivity index (χ0v) is 13.4. The maximum Gasteiger partial charge on any atom is 0.323 e. The molecule has 0 aliphatic rings. The van der Waals surface area contributed by atoms with E-state index in [1.165, 1.54) is 11.3 Å². The number of amides is 2. The van der Waals surface area contributed by atoms with Crippen LogP contribution in [0.1, 0.15) is 5.56 Å². The first-order valence-corrected chi connectivity index (χ1v) is 8.06. The van der Waals surface area contributed by atoms with E-state index >= 15 is 0 Å². The van der Waals surface area contributed by atoms with Crippen molar-refractivity contribution < 1.29 is 4.79 Å². The van der Waals surface area contributed by atoms with Crippen LogP contribution in [0.3, 0.4) is 0 Å². The predicted molar refractivity (Wildman–Crippen MR) is 98.0 cm³/mol. The van der Waals surface area contributed by atoms with Gasteiger partial charge in [0.05, 0.1) is 5.56 Å². The van der Waals surface area contributed by atoms with E-state index in [0.717, 1.165) is 16.8 Å². The number of nitrogens with two attached hydrogens (primary N) is 1. The van der Waals surface area contributed by atoms with Crippen molar-refractivity contribution in [2.24, 2.45) is 0 Å². The number of thiophene rings is 1. The molecule has 5 nitrogen and oxygen atoms in total. The third-order valence-corrected chi connectivity index (χ3v) is 4.23. The summed E-state index contributed by atoms with van der Waals surface area (Å²) >= 11 is 1.34. The van der Waals surface area contributed by atoms with Gasteiger partial charge in [-0.2, -0.15) is 5.26 Å². The number of nitrogens with one attached hydrogen (secondary N) is 2. The maximum atomic E-state index is 12.0. The Bertz CT molecular complexity index is 895. The van der Waals surface area contributed by atoms with Crippen molar-refractivity contribution >= 4 is 33.7 Å². The Labute approximate surface area is 143 Å². The zero-order chi connectivity index (χ0) is 16.9. The van der Waals surface area contributed by atoms with Crippen molar-refractivity contribution in [3.05, 3.63) is 65.5 Å². The van der Waals surface area contributed by atoms with Gasteiger partial charge in [0, 0.05) is 22.3 Å². The van der Waals surface area contributed by atoms with Crippen LogP contribution in [0.2, 0.25) is 0 Å². The molecule has 0 aliphatic carbocycles. The Morgan fingerprint density at radius 2 is 1.62 bits per heavy atom. The van der Waals surface area contributed by atoms with Gasteiger partial charge in [0.25, 0.3) is 0 Å². The molecule has 0 saturated carbocycles. The molecule has 24 heavy (non-hydrogen) atoms. The lowest BCUT2D eigenvalue weighted by Gasteiger charge is -2.08. The molecule has 2 amide bonds. The number of hydrogen-bond donors (Lipinski definition) is 3. The summed E-state index contributed by atoms with van der Waals surface area (Å²) in [6.07, 6.45) is 0. The fraction of sp³-hybridized carbons (Fsp3) is 0. The van der Waals surface area contributed by atoms with Crippen LogP contribution in [-0.2, 0) is 0 Å². The van der Waals surface area contributed by atoms with Crippen molar-refractivity contribution in [2.45, 2.75) is 0 Å². The minimum absolute atomic E-state index is 0.313. The van der Waals surface area contributed by atoms with Gasteiger partial charge in [-0.05, 0) is 29.8 Å². The number of rotatable bonds is 3. The molecular weight excluding hydrogens is 320 g/mol. The van der Waals surface area contributed by atoms with Crippen LogP contribution in [0.15, 0.2) is 60.0 Å². The van der Waals surface area contributed by atoms with Gasteiger partial charge >= 0.3 is 6.03 Å². The number of carbonyl (C=O) groups is 1. The van der Waals surface area contributed by atoms with Crippen LogP contribution in [0, 0.1) is 11.3 Å². The Morgan fingerprint density at radius 1 is 1.00 bits per heavy atom. The van der Waals surface area contributed by atoms with Crippen molar-refractivity contribution in [3.8, 4) is 17.2 Å². The Morgan fingerprint density at radius 3 is 2.25 bits per heavy atom. The Kier molecular flexibility index (Phi) is 4.45. The number of urea groups is 1. The van der Waals surface area contributed by atoms with Crippen LogP contribution in [-0.4, -0.2) is 6.03 Å². The summed E-state index contributed by atoms with van der Waals surface area (Å²) < 4.78 is 0. The molecule has 0 radical (unpaired) electrons. The molecule has 4 N–H and O–H groups in total. The molecule has 0 bridgehead atoms. The van der Waals surface area contributed by atoms with Crippen LogP contribution >= 0.6 is 11.3 Å². The van der Waals surface area contributed by atoms with Gasteiger partial charge in [0.1, 0.15) is 11.1 Å². The molecule has 0 unspecified atom stereocenters. The first kappa shape index (κ1) is 15.6. The van der Waals surface area contributed by atoms with E-state index in [4.69, 9.17) is 5.73 Å². The predicted octanol–water partition coefficient (Wildman–Crippen LogP) is 4.51. The third kappa shape index (κ3) is 3.37. The first-order chi connectivity index (χ1) is 11.7. The van der Waals surface area contributed by atoms with Crippen molar-refractivity contribution in [3.63, 3.8) is 0 Å². The average Bonchev–Trinajstić information content (AvgIpc) is 2.97. The van der Waals surface area contributed by atoms with Gasteiger partial charge in [-0.1, -0.05) is 30.3 Å². The maximum absolute atomic E-state index is 12.0. The molecular formula is C18H14N4OS. The van der Waals surface area contributed by atoms with E-state index in [2.05, 4.69) is 16.7 Å². The second-order valence-electron chi connectivity index (χ2n) is 5.02. The number of benzene rings is 2. The topological polar surface area (TPSA) is 90.9 Å². The van der Waals surface area contributed by atoms with Crippen molar-refractivity contribution in [1.82, 2.24) is 0 Å². The second-order valence-corrected chi connectivity index (χ2v) is 5.93. The minimum atomic E-state index is -0.313. The van der Waals surface area contributed by atoms with Crippen molar-refractivity contribution in [2.75, 3.05) is 16.4 Å². The molecule has 3 aromatic rings. The summed E-state index contributed by atoms with van der Waals surface area (Å²) in [7, 11) is 0. The van der Waals surface area contributed by atoms with Gasteiger partial charge in [0.2, 0.25) is 0 Å². The molecule has 0 atom stereocenters. The highest BCUT2D eigenvalue weighted by atomic mass is 32.1. The molecule has 0 aliphatic heterocycles. The number of hydrogen-bond acceptors (Lipinski definition) is 4. The van der Waals surface area contributed by atoms with E-state index in [0.29, 0.717) is 16.3 Å². The van der Waals surface area contributed by atoms with E-state index in [1.807, 2.05) is 47.8 Å². The van der Waals surface area contributed by atoms with E-state index in [9.17, 15) is 10.1 Å². The fourth-order valence-corrected chi connectivity index (χ4v) is 3.02. The molecule has 0 spiro atoms. The normalized spacial score (nSPS) is 9.96. The number of nitrogen functional groups attached to an aromatic ring is 1. The standard InChI is InChI=1S/C18H14N4OS/c19-10-15-16(11-24-17(15)20)12-6-8-14(9-7-12)22-18(23)21-13-4-2-1-3-5-13/h1-9,11H,20H2,(H2,21,22,23). The molecule has 118 valence electrons. The summed E-state index contributed by atoms with van der Waals surface area (Å²) in [5.41, 5.74) is 9.35. The van der Waals surface area contributed by atoms with Gasteiger partial charge < -0.3 is 16.4 Å². The second kappa shape index (κ2) is 6.86. The summed E-state index contributed by atoms with van der Waals surface area (Å²) in [5, 5.41) is 17.1. The van der Waals surface area contributed by atoms with Gasteiger partial charge in [-0.15, -0.1) is 11.3 Å². The highest BCUT2D eigenvalue weighted by Crippen LogP contribution is 2.33. The zero-order valence-electron chi connectivity index (χ0n) is 12.6. The van der Waals surface area contributed by atoms with Gasteiger partial charge in [-0.25, -0.2) is 4.79 Å². The largest absolute Gasteiger partial charge is 0.389 e. The van der Waals surface area contributed by atoms with Crippen LogP contribution in [0.4, 0.5) is 21.2 Å². The lowest BCUT2D eigenvalue weighted by Crippen LogP contribution is -2.19. The number of nitriles is 1. The molecule has 2 aromatic carbocycles. The highest BCUT2D eigenvalue weighted by Gasteiger charge is 2.11. The monoisotopic (exact) mass is 334 g/mol.